The monoisotopic (exact) mass is 1140 g/mol. The molecule has 0 spiro atoms. The molecule has 12 atom stereocenters. The number of aliphatic hydroxyl groups excluding tert-OH is 8. The Morgan fingerprint density at radius 1 is 0.450 bits per heavy atom. The van der Waals surface area contributed by atoms with Crippen LogP contribution in [0.3, 0.4) is 0 Å². The van der Waals surface area contributed by atoms with Crippen LogP contribution in [0.5, 0.6) is 0 Å². The second-order valence-electron chi connectivity index (χ2n) is 23.2. The molecule has 468 valence electrons. The van der Waals surface area contributed by atoms with Crippen molar-refractivity contribution >= 4 is 5.91 Å². The van der Waals surface area contributed by atoms with Gasteiger partial charge >= 0.3 is 0 Å². The van der Waals surface area contributed by atoms with E-state index in [1.807, 2.05) is 6.08 Å². The summed E-state index contributed by atoms with van der Waals surface area (Å²) in [5.74, 6) is -0.243. The molecule has 12 unspecified atom stereocenters. The fourth-order valence-corrected chi connectivity index (χ4v) is 10.7. The van der Waals surface area contributed by atoms with Crippen LogP contribution >= 0.6 is 0 Å². The first kappa shape index (κ1) is 74.1. The Morgan fingerprint density at radius 2 is 0.825 bits per heavy atom. The fourth-order valence-electron chi connectivity index (χ4n) is 10.7. The molecule has 0 aromatic rings. The molecule has 2 saturated heterocycles. The highest BCUT2D eigenvalue weighted by atomic mass is 16.7. The van der Waals surface area contributed by atoms with Crippen molar-refractivity contribution in [1.82, 2.24) is 5.32 Å². The zero-order chi connectivity index (χ0) is 58.1. The summed E-state index contributed by atoms with van der Waals surface area (Å²) < 4.78 is 22.6. The average molecular weight is 1140 g/mol. The van der Waals surface area contributed by atoms with Gasteiger partial charge in [-0.05, 0) is 57.8 Å². The molecule has 2 aliphatic rings. The summed E-state index contributed by atoms with van der Waals surface area (Å²) in [5, 5.41) is 86.4. The van der Waals surface area contributed by atoms with E-state index in [2.05, 4.69) is 55.6 Å². The maximum absolute atomic E-state index is 13.1. The van der Waals surface area contributed by atoms with Crippen LogP contribution in [0.25, 0.3) is 0 Å². The highest BCUT2D eigenvalue weighted by molar-refractivity contribution is 5.76. The van der Waals surface area contributed by atoms with Crippen molar-refractivity contribution in [1.29, 1.82) is 0 Å². The lowest BCUT2D eigenvalue weighted by Crippen LogP contribution is -2.65. The Bertz CT molecular complexity index is 1530. The molecule has 1 amide bonds. The number of carbonyl (C=O) groups excluding carboxylic acids is 1. The third-order valence-electron chi connectivity index (χ3n) is 16.0. The molecule has 2 heterocycles. The molecule has 14 nitrogen and oxygen atoms in total. The molecule has 0 aromatic carbocycles. The number of unbranched alkanes of at least 4 members (excludes halogenated alkanes) is 34. The van der Waals surface area contributed by atoms with E-state index in [-0.39, 0.29) is 18.9 Å². The minimum Gasteiger partial charge on any atom is -0.394 e. The van der Waals surface area contributed by atoms with Crippen LogP contribution in [0.2, 0.25) is 0 Å². The smallest absolute Gasteiger partial charge is 0.220 e. The lowest BCUT2D eigenvalue weighted by atomic mass is 9.97. The summed E-state index contributed by atoms with van der Waals surface area (Å²) in [6.45, 7) is 2.67. The first-order valence-corrected chi connectivity index (χ1v) is 32.9. The van der Waals surface area contributed by atoms with Gasteiger partial charge in [0.15, 0.2) is 12.6 Å². The Morgan fingerprint density at radius 3 is 1.29 bits per heavy atom. The van der Waals surface area contributed by atoms with Crippen LogP contribution in [-0.2, 0) is 23.7 Å². The minimum absolute atomic E-state index is 0.243. The van der Waals surface area contributed by atoms with E-state index in [4.69, 9.17) is 18.9 Å². The van der Waals surface area contributed by atoms with E-state index >= 15 is 0 Å². The summed E-state index contributed by atoms with van der Waals surface area (Å²) in [5.41, 5.74) is 0. The molecule has 0 radical (unpaired) electrons. The van der Waals surface area contributed by atoms with E-state index in [0.29, 0.717) is 6.42 Å². The van der Waals surface area contributed by atoms with Crippen LogP contribution in [0.15, 0.2) is 48.6 Å². The van der Waals surface area contributed by atoms with Crippen molar-refractivity contribution in [3.05, 3.63) is 48.6 Å². The van der Waals surface area contributed by atoms with Crippen LogP contribution in [0.4, 0.5) is 0 Å². The summed E-state index contributed by atoms with van der Waals surface area (Å²) in [6, 6.07) is -0.909. The molecule has 2 aliphatic heterocycles. The second kappa shape index (κ2) is 51.4. The molecule has 0 aliphatic carbocycles. The Labute approximate surface area is 486 Å². The summed E-state index contributed by atoms with van der Waals surface area (Å²) in [4.78, 5) is 13.1. The third-order valence-corrected chi connectivity index (χ3v) is 16.0. The Kier molecular flexibility index (Phi) is 47.6. The van der Waals surface area contributed by atoms with E-state index < -0.39 is 86.8 Å². The number of amides is 1. The molecule has 0 saturated carbocycles. The van der Waals surface area contributed by atoms with Gasteiger partial charge in [0, 0.05) is 6.42 Å². The summed E-state index contributed by atoms with van der Waals surface area (Å²) in [7, 11) is 0. The van der Waals surface area contributed by atoms with Crippen LogP contribution in [-0.4, -0.2) is 140 Å². The third kappa shape index (κ3) is 35.9. The van der Waals surface area contributed by atoms with Gasteiger partial charge in [0.25, 0.3) is 0 Å². The number of aliphatic hydroxyl groups is 8. The van der Waals surface area contributed by atoms with E-state index in [1.54, 1.807) is 6.08 Å². The second-order valence-corrected chi connectivity index (χ2v) is 23.2. The molecule has 80 heavy (non-hydrogen) atoms. The molecule has 2 fully saturated rings. The van der Waals surface area contributed by atoms with Crippen molar-refractivity contribution in [3.8, 4) is 0 Å². The number of hydrogen-bond acceptors (Lipinski definition) is 13. The van der Waals surface area contributed by atoms with Gasteiger partial charge in [-0.3, -0.25) is 4.79 Å². The topological polar surface area (TPSA) is 228 Å². The maximum Gasteiger partial charge on any atom is 0.220 e. The predicted molar refractivity (Wildman–Crippen MR) is 323 cm³/mol. The van der Waals surface area contributed by atoms with Gasteiger partial charge in [0.2, 0.25) is 5.91 Å². The van der Waals surface area contributed by atoms with E-state index in [0.717, 1.165) is 57.8 Å². The van der Waals surface area contributed by atoms with Crippen molar-refractivity contribution in [3.63, 3.8) is 0 Å². The number of allylic oxidation sites excluding steroid dienone is 7. The normalized spacial score (nSPS) is 24.5. The van der Waals surface area contributed by atoms with Gasteiger partial charge in [-0.15, -0.1) is 0 Å². The quantitative estimate of drug-likeness (QED) is 0.0204. The number of hydrogen-bond donors (Lipinski definition) is 9. The van der Waals surface area contributed by atoms with Crippen molar-refractivity contribution in [2.24, 2.45) is 0 Å². The number of nitrogens with one attached hydrogen (secondary N) is 1. The molecule has 2 rings (SSSR count). The van der Waals surface area contributed by atoms with Crippen LogP contribution in [0.1, 0.15) is 271 Å². The van der Waals surface area contributed by atoms with E-state index in [9.17, 15) is 45.6 Å². The highest BCUT2D eigenvalue weighted by Gasteiger charge is 2.51. The van der Waals surface area contributed by atoms with Gasteiger partial charge in [0.05, 0.1) is 32.0 Å². The predicted octanol–water partition coefficient (Wildman–Crippen LogP) is 12.3. The fraction of sp³-hybridized carbons (Fsp3) is 0.864. The highest BCUT2D eigenvalue weighted by Crippen LogP contribution is 2.30. The molecule has 0 bridgehead atoms. The van der Waals surface area contributed by atoms with Crippen molar-refractivity contribution in [2.75, 3.05) is 19.8 Å². The number of rotatable bonds is 53. The molecular weight excluding hydrogens is 1010 g/mol. The molecule has 0 aromatic heterocycles. The minimum atomic E-state index is -1.79. The van der Waals surface area contributed by atoms with Gasteiger partial charge in [-0.25, -0.2) is 0 Å². The summed E-state index contributed by atoms with van der Waals surface area (Å²) in [6.07, 6.45) is 50.0. The SMILES string of the molecule is CCCCC/C=C/C(O)C(COC1OC(CO)C(OC2OC(CO)C(O)C(O)C2O)C(O)C1O)NC(=O)CCCCCCCCCCCCCCCCCCCCCCCCCCCC/C=C\C/C=C\C/C=C\CCCCCCC. The van der Waals surface area contributed by atoms with Crippen LogP contribution < -0.4 is 5.32 Å². The zero-order valence-corrected chi connectivity index (χ0v) is 50.6. The summed E-state index contributed by atoms with van der Waals surface area (Å²) >= 11 is 0. The van der Waals surface area contributed by atoms with Gasteiger partial charge in [-0.1, -0.05) is 255 Å². The average Bonchev–Trinajstić information content (AvgIpc) is 3.49. The van der Waals surface area contributed by atoms with Crippen LogP contribution in [0, 0.1) is 0 Å². The Hall–Kier alpha value is -2.05. The maximum atomic E-state index is 13.1. The molecule has 9 N–H and O–H groups in total. The first-order chi connectivity index (χ1) is 39.1. The van der Waals surface area contributed by atoms with Gasteiger partial charge in [0.1, 0.15) is 48.8 Å². The number of ether oxygens (including phenoxy) is 4. The first-order valence-electron chi connectivity index (χ1n) is 32.9. The Balaban J connectivity index is 1.44. The zero-order valence-electron chi connectivity index (χ0n) is 50.6. The van der Waals surface area contributed by atoms with Gasteiger partial charge in [-0.2, -0.15) is 0 Å². The molecule has 14 heteroatoms. The largest absolute Gasteiger partial charge is 0.394 e. The standard InChI is InChI=1S/C66H121NO13/c1-3-5-7-9-10-11-12-13-14-15-16-17-18-19-20-21-22-23-24-25-26-27-28-29-30-31-32-33-34-35-36-37-38-39-40-41-42-43-44-46-48-50-58(71)67-54(55(70)49-47-45-8-6-4-2)53-77-65-63(76)61(74)64(57(52-69)79-65)80-66-62(75)60(73)59(72)56(51-68)78-66/h12-13,15-16,18-19,47,49,54-57,59-66,68-70,72-76H,3-11,14,17,20-46,48,50-53H2,1-2H3,(H,67,71)/b13-12-,16-15-,19-18-,49-47+. The number of carbonyl (C=O) groups is 1. The van der Waals surface area contributed by atoms with E-state index in [1.165, 1.54) is 186 Å². The van der Waals surface area contributed by atoms with Gasteiger partial charge < -0.3 is 65.1 Å². The lowest BCUT2D eigenvalue weighted by Gasteiger charge is -2.46. The molecular formula is C66H121NO13. The lowest BCUT2D eigenvalue weighted by molar-refractivity contribution is -0.359. The van der Waals surface area contributed by atoms with Crippen molar-refractivity contribution in [2.45, 2.75) is 344 Å². The van der Waals surface area contributed by atoms with Crippen molar-refractivity contribution < 1.29 is 64.6 Å².